The van der Waals surface area contributed by atoms with Crippen molar-refractivity contribution >= 4 is 17.5 Å². The third kappa shape index (κ3) is 4.87. The summed E-state index contributed by atoms with van der Waals surface area (Å²) in [5, 5.41) is 10.3. The Labute approximate surface area is 167 Å². The van der Waals surface area contributed by atoms with Crippen molar-refractivity contribution in [1.29, 1.82) is 0 Å². The lowest BCUT2D eigenvalue weighted by molar-refractivity contribution is 0.0689. The van der Waals surface area contributed by atoms with Gasteiger partial charge in [-0.1, -0.05) is 5.16 Å². The maximum absolute atomic E-state index is 14.2. The average Bonchev–Trinajstić information content (AvgIpc) is 3.26. The Morgan fingerprint density at radius 2 is 2.03 bits per heavy atom. The number of anilines is 1. The zero-order valence-electron chi connectivity index (χ0n) is 16.6. The minimum Gasteiger partial charge on any atom is -0.361 e. The van der Waals surface area contributed by atoms with E-state index in [1.54, 1.807) is 29.7 Å². The number of halogens is 1. The van der Waals surface area contributed by atoms with Gasteiger partial charge < -0.3 is 14.7 Å². The minimum absolute atomic E-state index is 0.0695. The lowest BCUT2D eigenvalue weighted by Crippen LogP contribution is -2.36. The molecule has 1 aromatic carbocycles. The van der Waals surface area contributed by atoms with Crippen LogP contribution in [0.25, 0.3) is 0 Å². The molecule has 3 aromatic rings. The Morgan fingerprint density at radius 1 is 1.28 bits per heavy atom. The number of carbonyl (C=O) groups excluding carboxylic acids is 2. The summed E-state index contributed by atoms with van der Waals surface area (Å²) >= 11 is 0. The lowest BCUT2D eigenvalue weighted by Gasteiger charge is -2.26. The molecule has 2 amide bonds. The summed E-state index contributed by atoms with van der Waals surface area (Å²) in [6.07, 6.45) is 3.50. The molecule has 9 heteroatoms. The molecule has 0 aliphatic heterocycles. The zero-order chi connectivity index (χ0) is 21.1. The molecule has 152 valence electrons. The van der Waals surface area contributed by atoms with E-state index >= 15 is 0 Å². The van der Waals surface area contributed by atoms with Gasteiger partial charge >= 0.3 is 0 Å². The van der Waals surface area contributed by atoms with Crippen molar-refractivity contribution in [2.45, 2.75) is 33.4 Å². The topological polar surface area (TPSA) is 93.3 Å². The minimum atomic E-state index is -0.632. The monoisotopic (exact) mass is 399 g/mol. The summed E-state index contributed by atoms with van der Waals surface area (Å²) in [7, 11) is 1.79. The number of hydrogen-bond donors (Lipinski definition) is 1. The molecule has 29 heavy (non-hydrogen) atoms. The number of carbonyl (C=O) groups is 2. The van der Waals surface area contributed by atoms with E-state index in [9.17, 15) is 14.0 Å². The summed E-state index contributed by atoms with van der Waals surface area (Å²) < 4.78 is 20.7. The first-order valence-corrected chi connectivity index (χ1v) is 9.06. The molecular formula is C20H22FN5O3. The third-order valence-corrected chi connectivity index (χ3v) is 4.26. The van der Waals surface area contributed by atoms with Gasteiger partial charge in [0.25, 0.3) is 11.8 Å². The number of rotatable bonds is 6. The van der Waals surface area contributed by atoms with Crippen LogP contribution in [0.4, 0.5) is 10.1 Å². The second-order valence-electron chi connectivity index (χ2n) is 7.05. The molecule has 2 heterocycles. The number of hydrogen-bond acceptors (Lipinski definition) is 5. The molecule has 0 spiro atoms. The van der Waals surface area contributed by atoms with E-state index < -0.39 is 11.7 Å². The van der Waals surface area contributed by atoms with Gasteiger partial charge in [0.1, 0.15) is 11.6 Å². The molecular weight excluding hydrogens is 377 g/mol. The maximum atomic E-state index is 14.2. The van der Waals surface area contributed by atoms with Gasteiger partial charge in [-0.3, -0.25) is 14.3 Å². The first-order chi connectivity index (χ1) is 13.7. The van der Waals surface area contributed by atoms with Crippen LogP contribution in [0.2, 0.25) is 0 Å². The largest absolute Gasteiger partial charge is 0.361 e. The summed E-state index contributed by atoms with van der Waals surface area (Å²) in [5.74, 6) is -1.06. The molecule has 1 N–H and O–H groups in total. The highest BCUT2D eigenvalue weighted by atomic mass is 19.1. The smallest absolute Gasteiger partial charge is 0.277 e. The fourth-order valence-electron chi connectivity index (χ4n) is 2.86. The van der Waals surface area contributed by atoms with Crippen LogP contribution in [-0.2, 0) is 13.6 Å². The van der Waals surface area contributed by atoms with Crippen LogP contribution >= 0.6 is 0 Å². The Balaban J connectivity index is 1.82. The number of nitrogens with zero attached hydrogens (tertiary/aromatic N) is 4. The van der Waals surface area contributed by atoms with Crippen LogP contribution in [0.5, 0.6) is 0 Å². The van der Waals surface area contributed by atoms with Gasteiger partial charge in [-0.15, -0.1) is 0 Å². The van der Waals surface area contributed by atoms with Crippen molar-refractivity contribution < 1.29 is 18.5 Å². The van der Waals surface area contributed by atoms with Gasteiger partial charge in [0, 0.05) is 48.7 Å². The van der Waals surface area contributed by atoms with Crippen LogP contribution in [0.3, 0.4) is 0 Å². The highest BCUT2D eigenvalue weighted by molar-refractivity contribution is 6.04. The molecule has 0 saturated heterocycles. The van der Waals surface area contributed by atoms with Crippen LogP contribution in [0.15, 0.2) is 41.2 Å². The molecule has 0 aliphatic carbocycles. The second-order valence-corrected chi connectivity index (χ2v) is 7.05. The summed E-state index contributed by atoms with van der Waals surface area (Å²) in [4.78, 5) is 26.9. The lowest BCUT2D eigenvalue weighted by atomic mass is 10.1. The predicted molar refractivity (Wildman–Crippen MR) is 104 cm³/mol. The number of benzene rings is 1. The van der Waals surface area contributed by atoms with Crippen molar-refractivity contribution in [3.05, 3.63) is 65.1 Å². The van der Waals surface area contributed by atoms with Gasteiger partial charge in [0.2, 0.25) is 0 Å². The van der Waals surface area contributed by atoms with Crippen molar-refractivity contribution in [3.63, 3.8) is 0 Å². The molecule has 0 fully saturated rings. The standard InChI is InChI=1S/C20H22FN5O3/c1-12(2)26(11-14-9-22-25(4)10-14)20(28)15-6-16(21)8-17(7-15)23-19(27)18-5-13(3)29-24-18/h5-10,12H,11H2,1-4H3,(H,23,27). The molecule has 2 aromatic heterocycles. The van der Waals surface area contributed by atoms with Gasteiger partial charge in [-0.05, 0) is 39.0 Å². The van der Waals surface area contributed by atoms with E-state index in [2.05, 4.69) is 15.6 Å². The SMILES string of the molecule is Cc1cc(C(=O)Nc2cc(F)cc(C(=O)N(Cc3cnn(C)c3)C(C)C)c2)no1. The summed E-state index contributed by atoms with van der Waals surface area (Å²) in [6.45, 7) is 5.75. The molecule has 3 rings (SSSR count). The first-order valence-electron chi connectivity index (χ1n) is 9.06. The Hall–Kier alpha value is -3.49. The number of amides is 2. The van der Waals surface area contributed by atoms with E-state index in [1.165, 1.54) is 12.1 Å². The van der Waals surface area contributed by atoms with E-state index in [4.69, 9.17) is 4.52 Å². The normalized spacial score (nSPS) is 11.0. The van der Waals surface area contributed by atoms with Gasteiger partial charge in [-0.2, -0.15) is 5.10 Å². The molecule has 0 saturated carbocycles. The quantitative estimate of drug-likeness (QED) is 0.687. The van der Waals surface area contributed by atoms with Gasteiger partial charge in [0.15, 0.2) is 5.69 Å². The van der Waals surface area contributed by atoms with Gasteiger partial charge in [0.05, 0.1) is 6.20 Å². The predicted octanol–water partition coefficient (Wildman–Crippen LogP) is 3.16. The first kappa shape index (κ1) is 20.2. The number of aromatic nitrogens is 3. The van der Waals surface area contributed by atoms with Crippen LogP contribution < -0.4 is 5.32 Å². The van der Waals surface area contributed by atoms with E-state index in [-0.39, 0.29) is 28.9 Å². The molecule has 0 radical (unpaired) electrons. The fraction of sp³-hybridized carbons (Fsp3) is 0.300. The zero-order valence-corrected chi connectivity index (χ0v) is 16.6. The highest BCUT2D eigenvalue weighted by Crippen LogP contribution is 2.19. The fourth-order valence-corrected chi connectivity index (χ4v) is 2.86. The van der Waals surface area contributed by atoms with Crippen LogP contribution in [0, 0.1) is 12.7 Å². The highest BCUT2D eigenvalue weighted by Gasteiger charge is 2.21. The molecule has 0 atom stereocenters. The van der Waals surface area contributed by atoms with Crippen molar-refractivity contribution in [1.82, 2.24) is 19.8 Å². The van der Waals surface area contributed by atoms with E-state index in [1.807, 2.05) is 20.0 Å². The average molecular weight is 399 g/mol. The molecule has 0 bridgehead atoms. The van der Waals surface area contributed by atoms with Crippen molar-refractivity contribution in [2.24, 2.45) is 7.05 Å². The number of aryl methyl sites for hydroxylation is 2. The van der Waals surface area contributed by atoms with Crippen LogP contribution in [-0.4, -0.2) is 37.7 Å². The third-order valence-electron chi connectivity index (χ3n) is 4.26. The Bertz CT molecular complexity index is 1040. The van der Waals surface area contributed by atoms with E-state index in [0.29, 0.717) is 12.3 Å². The maximum Gasteiger partial charge on any atom is 0.277 e. The summed E-state index contributed by atoms with van der Waals surface area (Å²) in [6, 6.07) is 5.07. The van der Waals surface area contributed by atoms with Crippen molar-refractivity contribution in [3.8, 4) is 0 Å². The van der Waals surface area contributed by atoms with Crippen LogP contribution in [0.1, 0.15) is 46.0 Å². The van der Waals surface area contributed by atoms with Crippen molar-refractivity contribution in [2.75, 3.05) is 5.32 Å². The molecule has 0 aliphatic rings. The van der Waals surface area contributed by atoms with Gasteiger partial charge in [-0.25, -0.2) is 4.39 Å². The Morgan fingerprint density at radius 3 is 2.62 bits per heavy atom. The molecule has 8 nitrogen and oxygen atoms in total. The molecule has 0 unspecified atom stereocenters. The number of nitrogens with one attached hydrogen (secondary N) is 1. The summed E-state index contributed by atoms with van der Waals surface area (Å²) in [5.41, 5.74) is 1.22. The Kier molecular flexibility index (Phi) is 5.76. The van der Waals surface area contributed by atoms with E-state index in [0.717, 1.165) is 17.7 Å². The second kappa shape index (κ2) is 8.26.